The topological polar surface area (TPSA) is 113 Å². The first kappa shape index (κ1) is 21.4. The Hall–Kier alpha value is -3.36. The van der Waals surface area contributed by atoms with Crippen molar-refractivity contribution in [2.45, 2.75) is 45.7 Å². The van der Waals surface area contributed by atoms with Gasteiger partial charge in [-0.1, -0.05) is 19.0 Å². The fourth-order valence-electron chi connectivity index (χ4n) is 3.11. The number of hydrogen-bond donors (Lipinski definition) is 3. The van der Waals surface area contributed by atoms with E-state index in [1.54, 1.807) is 14.2 Å². The molecule has 3 N–H and O–H groups in total. The van der Waals surface area contributed by atoms with Crippen molar-refractivity contribution in [3.63, 3.8) is 0 Å². The Bertz CT molecular complexity index is 942. The summed E-state index contributed by atoms with van der Waals surface area (Å²) in [6, 6.07) is 9.62. The minimum Gasteiger partial charge on any atom is -0.497 e. The maximum Gasteiger partial charge on any atom is 0.191 e. The molecule has 0 aliphatic carbocycles. The quantitative estimate of drug-likeness (QED) is 0.366. The third kappa shape index (κ3) is 5.37. The van der Waals surface area contributed by atoms with E-state index in [0.29, 0.717) is 36.6 Å². The predicted octanol–water partition coefficient (Wildman–Crippen LogP) is 3.24. The number of nitrogens with zero attached hydrogens (tertiary/aromatic N) is 4. The highest BCUT2D eigenvalue weighted by molar-refractivity contribution is 5.79. The molecule has 0 amide bonds. The zero-order chi connectivity index (χ0) is 21.3. The number of nitrogens with one attached hydrogen (secondary N) is 3. The van der Waals surface area contributed by atoms with Crippen LogP contribution in [0.4, 0.5) is 0 Å². The maximum atomic E-state index is 5.44. The highest BCUT2D eigenvalue weighted by Gasteiger charge is 2.13. The third-order valence-electron chi connectivity index (χ3n) is 4.94. The summed E-state index contributed by atoms with van der Waals surface area (Å²) in [5.41, 5.74) is 1.92. The monoisotopic (exact) mass is 411 g/mol. The summed E-state index contributed by atoms with van der Waals surface area (Å²) >= 11 is 0. The van der Waals surface area contributed by atoms with Crippen LogP contribution in [-0.2, 0) is 13.1 Å². The van der Waals surface area contributed by atoms with Crippen molar-refractivity contribution >= 4 is 5.96 Å². The number of ether oxygens (including phenoxy) is 1. The molecule has 2 heterocycles. The number of aromatic amines is 1. The van der Waals surface area contributed by atoms with Gasteiger partial charge in [0.15, 0.2) is 17.5 Å². The number of guanidine groups is 1. The molecular weight excluding hydrogens is 382 g/mol. The van der Waals surface area contributed by atoms with E-state index < -0.39 is 0 Å². The minimum atomic E-state index is 0.436. The second kappa shape index (κ2) is 10.4. The fraction of sp³-hybridized carbons (Fsp3) is 0.429. The van der Waals surface area contributed by atoms with Crippen molar-refractivity contribution in [1.82, 2.24) is 31.0 Å². The van der Waals surface area contributed by atoms with Gasteiger partial charge >= 0.3 is 0 Å². The summed E-state index contributed by atoms with van der Waals surface area (Å²) in [6.07, 6.45) is 2.10. The van der Waals surface area contributed by atoms with Gasteiger partial charge in [-0.15, -0.1) is 0 Å². The summed E-state index contributed by atoms with van der Waals surface area (Å²) in [4.78, 5) is 8.75. The van der Waals surface area contributed by atoms with E-state index >= 15 is 0 Å². The van der Waals surface area contributed by atoms with Gasteiger partial charge in [-0.25, -0.2) is 4.98 Å². The van der Waals surface area contributed by atoms with E-state index in [1.165, 1.54) is 0 Å². The fourth-order valence-corrected chi connectivity index (χ4v) is 3.11. The molecule has 0 aliphatic rings. The van der Waals surface area contributed by atoms with E-state index in [0.717, 1.165) is 35.6 Å². The first-order chi connectivity index (χ1) is 14.7. The summed E-state index contributed by atoms with van der Waals surface area (Å²) in [7, 11) is 3.36. The molecule has 0 saturated carbocycles. The number of rotatable bonds is 9. The zero-order valence-electron chi connectivity index (χ0n) is 17.9. The van der Waals surface area contributed by atoms with Crippen LogP contribution in [0.1, 0.15) is 49.9 Å². The number of hydrogen-bond acceptors (Lipinski definition) is 6. The predicted molar refractivity (Wildman–Crippen MR) is 115 cm³/mol. The summed E-state index contributed by atoms with van der Waals surface area (Å²) in [5, 5.41) is 17.9. The first-order valence-corrected chi connectivity index (χ1v) is 10.1. The lowest BCUT2D eigenvalue weighted by Gasteiger charge is -2.09. The van der Waals surface area contributed by atoms with Crippen LogP contribution in [0.5, 0.6) is 5.75 Å². The van der Waals surface area contributed by atoms with Crippen molar-refractivity contribution in [3.8, 4) is 17.1 Å². The number of aliphatic imine (C=N–C) groups is 1. The lowest BCUT2D eigenvalue weighted by molar-refractivity contribution is 0.368. The van der Waals surface area contributed by atoms with Gasteiger partial charge in [-0.3, -0.25) is 10.1 Å². The molecule has 0 spiro atoms. The smallest absolute Gasteiger partial charge is 0.191 e. The van der Waals surface area contributed by atoms with Crippen LogP contribution >= 0.6 is 0 Å². The van der Waals surface area contributed by atoms with Gasteiger partial charge in [0, 0.05) is 24.6 Å². The molecule has 0 radical (unpaired) electrons. The Morgan fingerprint density at radius 2 is 1.90 bits per heavy atom. The second-order valence-electron chi connectivity index (χ2n) is 6.85. The van der Waals surface area contributed by atoms with Gasteiger partial charge in [-0.2, -0.15) is 5.10 Å². The molecule has 0 aliphatic heterocycles. The standard InChI is InChI=1S/C21H29N7O2/c1-5-14(6-2)18-11-17(30-28-18)12-23-21(22-3)24-13-19-25-20(27-26-19)15-7-9-16(29-4)10-8-15/h7-11,14H,5-6,12-13H2,1-4H3,(H2,22,23,24)(H,25,26,27). The van der Waals surface area contributed by atoms with Crippen LogP contribution in [0.3, 0.4) is 0 Å². The van der Waals surface area contributed by atoms with Gasteiger partial charge in [0.25, 0.3) is 0 Å². The highest BCUT2D eigenvalue weighted by Crippen LogP contribution is 2.22. The lowest BCUT2D eigenvalue weighted by atomic mass is 9.99. The Labute approximate surface area is 176 Å². The first-order valence-electron chi connectivity index (χ1n) is 10.1. The number of methoxy groups -OCH3 is 1. The third-order valence-corrected chi connectivity index (χ3v) is 4.94. The zero-order valence-corrected chi connectivity index (χ0v) is 17.9. The molecule has 9 nitrogen and oxygen atoms in total. The molecule has 160 valence electrons. The van der Waals surface area contributed by atoms with Crippen LogP contribution in [0, 0.1) is 0 Å². The molecule has 3 rings (SSSR count). The Balaban J connectivity index is 1.51. The molecule has 1 aromatic carbocycles. The van der Waals surface area contributed by atoms with Gasteiger partial charge in [-0.05, 0) is 37.1 Å². The van der Waals surface area contributed by atoms with Crippen LogP contribution in [0.15, 0.2) is 39.8 Å². The van der Waals surface area contributed by atoms with Crippen LogP contribution < -0.4 is 15.4 Å². The molecule has 3 aromatic rings. The van der Waals surface area contributed by atoms with Crippen LogP contribution in [0.2, 0.25) is 0 Å². The maximum absolute atomic E-state index is 5.44. The van der Waals surface area contributed by atoms with Crippen molar-refractivity contribution in [1.29, 1.82) is 0 Å². The summed E-state index contributed by atoms with van der Waals surface area (Å²) < 4.78 is 10.6. The van der Waals surface area contributed by atoms with Crippen molar-refractivity contribution < 1.29 is 9.26 Å². The summed E-state index contributed by atoms with van der Waals surface area (Å²) in [5.74, 6) is 3.99. The van der Waals surface area contributed by atoms with Gasteiger partial charge in [0.2, 0.25) is 0 Å². The number of aromatic nitrogens is 4. The molecule has 30 heavy (non-hydrogen) atoms. The van der Waals surface area contributed by atoms with Crippen molar-refractivity contribution in [3.05, 3.63) is 47.6 Å². The van der Waals surface area contributed by atoms with E-state index in [9.17, 15) is 0 Å². The van der Waals surface area contributed by atoms with E-state index in [-0.39, 0.29) is 0 Å². The molecule has 0 bridgehead atoms. The van der Waals surface area contributed by atoms with E-state index in [4.69, 9.17) is 9.26 Å². The number of benzene rings is 1. The van der Waals surface area contributed by atoms with Crippen molar-refractivity contribution in [2.24, 2.45) is 4.99 Å². The molecule has 2 aromatic heterocycles. The molecule has 0 saturated heterocycles. The average Bonchev–Trinajstić information content (AvgIpc) is 3.45. The largest absolute Gasteiger partial charge is 0.497 e. The Morgan fingerprint density at radius 1 is 1.17 bits per heavy atom. The van der Waals surface area contributed by atoms with E-state index in [2.05, 4.69) is 49.8 Å². The molecule has 9 heteroatoms. The van der Waals surface area contributed by atoms with Gasteiger partial charge < -0.3 is 19.9 Å². The van der Waals surface area contributed by atoms with Crippen LogP contribution in [0.25, 0.3) is 11.4 Å². The average molecular weight is 412 g/mol. The second-order valence-corrected chi connectivity index (χ2v) is 6.85. The Morgan fingerprint density at radius 3 is 2.57 bits per heavy atom. The van der Waals surface area contributed by atoms with Crippen LogP contribution in [-0.4, -0.2) is 40.5 Å². The summed E-state index contributed by atoms with van der Waals surface area (Å²) in [6.45, 7) is 5.28. The van der Waals surface area contributed by atoms with Gasteiger partial charge in [0.1, 0.15) is 11.6 Å². The molecule has 0 fully saturated rings. The van der Waals surface area contributed by atoms with E-state index in [1.807, 2.05) is 30.3 Å². The molecule has 0 atom stereocenters. The molecular formula is C21H29N7O2. The Kier molecular flexibility index (Phi) is 7.42. The molecule has 0 unspecified atom stereocenters. The lowest BCUT2D eigenvalue weighted by Crippen LogP contribution is -2.36. The highest BCUT2D eigenvalue weighted by atomic mass is 16.5. The van der Waals surface area contributed by atoms with Crippen molar-refractivity contribution in [2.75, 3.05) is 14.2 Å². The van der Waals surface area contributed by atoms with Gasteiger partial charge in [0.05, 0.1) is 25.9 Å². The number of H-pyrrole nitrogens is 1. The SMILES string of the molecule is CCC(CC)c1cc(CNC(=NC)NCc2nc(-c3ccc(OC)cc3)n[nH]2)on1. The normalized spacial score (nSPS) is 11.7. The minimum absolute atomic E-state index is 0.436.